The number of pyridine rings is 1. The smallest absolute Gasteiger partial charge is 0.213 e. The fourth-order valence-electron chi connectivity index (χ4n) is 2.54. The molecule has 1 fully saturated rings. The van der Waals surface area contributed by atoms with Crippen molar-refractivity contribution in [2.75, 3.05) is 0 Å². The lowest BCUT2D eigenvalue weighted by Gasteiger charge is -2.36. The molecule has 1 aliphatic rings. The number of carbonyl (C=O) groups excluding carboxylic acids is 1. The van der Waals surface area contributed by atoms with Crippen LogP contribution in [0.1, 0.15) is 45.6 Å². The van der Waals surface area contributed by atoms with Crippen molar-refractivity contribution in [1.82, 2.24) is 10.3 Å². The van der Waals surface area contributed by atoms with Crippen molar-refractivity contribution in [2.45, 2.75) is 64.0 Å². The lowest BCUT2D eigenvalue weighted by atomic mass is 9.89. The number of aromatic nitrogens is 1. The van der Waals surface area contributed by atoms with E-state index in [9.17, 15) is 4.79 Å². The Kier molecular flexibility index (Phi) is 6.26. The minimum absolute atomic E-state index is 0.103. The maximum Gasteiger partial charge on any atom is 0.213 e. The normalized spacial score (nSPS) is 22.2. The van der Waals surface area contributed by atoms with E-state index in [1.807, 2.05) is 32.9 Å². The molecule has 0 bridgehead atoms. The topological polar surface area (TPSA) is 51.2 Å². The van der Waals surface area contributed by atoms with E-state index in [0.29, 0.717) is 24.1 Å². The van der Waals surface area contributed by atoms with Crippen LogP contribution in [0.25, 0.3) is 0 Å². The van der Waals surface area contributed by atoms with Crippen LogP contribution in [0, 0.1) is 5.92 Å². The first-order chi connectivity index (χ1) is 10.4. The molecule has 1 saturated carbocycles. The summed E-state index contributed by atoms with van der Waals surface area (Å²) in [6.45, 7) is 5.91. The quantitative estimate of drug-likeness (QED) is 0.571. The summed E-state index contributed by atoms with van der Waals surface area (Å²) in [6, 6.07) is 4.40. The standard InChI is InChI=1S/C17H26N2O2S/c1-11(2)16(20)5-4-13-6-7-18-17(8-13)21-15-9-14(10-15)19-12(3)22/h6-8,11-12,14-15,19,22H,4-5,9-10H2,1-3H3/t12?,14-,15+. The number of aryl methyl sites for hydroxylation is 1. The molecule has 1 aromatic rings. The van der Waals surface area contributed by atoms with Gasteiger partial charge in [0, 0.05) is 36.0 Å². The number of hydrogen-bond donors (Lipinski definition) is 2. The minimum Gasteiger partial charge on any atom is -0.474 e. The molecule has 0 radical (unpaired) electrons. The van der Waals surface area contributed by atoms with E-state index in [0.717, 1.165) is 24.8 Å². The van der Waals surface area contributed by atoms with E-state index >= 15 is 0 Å². The fourth-order valence-corrected chi connectivity index (χ4v) is 2.75. The van der Waals surface area contributed by atoms with E-state index in [-0.39, 0.29) is 17.4 Å². The molecule has 1 N–H and O–H groups in total. The highest BCUT2D eigenvalue weighted by Crippen LogP contribution is 2.26. The van der Waals surface area contributed by atoms with Crippen LogP contribution in [-0.4, -0.2) is 28.3 Å². The number of rotatable bonds is 8. The SMILES string of the molecule is CC(S)N[C@H]1C[C@@H](Oc2cc(CCC(=O)C(C)C)ccn2)C1. The lowest BCUT2D eigenvalue weighted by molar-refractivity contribution is -0.121. The molecule has 1 aliphatic carbocycles. The molecule has 0 saturated heterocycles. The Labute approximate surface area is 138 Å². The second kappa shape index (κ2) is 7.97. The van der Waals surface area contributed by atoms with Gasteiger partial charge in [-0.3, -0.25) is 4.79 Å². The number of thiol groups is 1. The number of Topliss-reactive ketones (excluding diaryl/α,β-unsaturated/α-hetero) is 1. The second-order valence-electron chi connectivity index (χ2n) is 6.37. The molecule has 0 aromatic carbocycles. The van der Waals surface area contributed by atoms with Gasteiger partial charge in [-0.05, 0) is 37.8 Å². The predicted molar refractivity (Wildman–Crippen MR) is 91.4 cm³/mol. The van der Waals surface area contributed by atoms with Crippen molar-refractivity contribution in [1.29, 1.82) is 0 Å². The van der Waals surface area contributed by atoms with E-state index in [1.54, 1.807) is 6.20 Å². The second-order valence-corrected chi connectivity index (χ2v) is 7.15. The van der Waals surface area contributed by atoms with Gasteiger partial charge in [0.1, 0.15) is 11.9 Å². The molecule has 4 nitrogen and oxygen atoms in total. The van der Waals surface area contributed by atoms with E-state index in [1.165, 1.54) is 0 Å². The molecule has 122 valence electrons. The highest BCUT2D eigenvalue weighted by molar-refractivity contribution is 7.80. The highest BCUT2D eigenvalue weighted by Gasteiger charge is 2.31. The van der Waals surface area contributed by atoms with Gasteiger partial charge in [-0.2, -0.15) is 12.6 Å². The molecular weight excluding hydrogens is 296 g/mol. The molecule has 1 atom stereocenters. The number of carbonyl (C=O) groups is 1. The molecule has 1 aromatic heterocycles. The van der Waals surface area contributed by atoms with E-state index in [2.05, 4.69) is 22.9 Å². The van der Waals surface area contributed by atoms with Crippen molar-refractivity contribution >= 4 is 18.4 Å². The van der Waals surface area contributed by atoms with Gasteiger partial charge < -0.3 is 10.1 Å². The molecular formula is C17H26N2O2S. The summed E-state index contributed by atoms with van der Waals surface area (Å²) in [6.07, 6.45) is 5.29. The summed E-state index contributed by atoms with van der Waals surface area (Å²) in [5, 5.41) is 3.59. The first-order valence-corrected chi connectivity index (χ1v) is 8.54. The van der Waals surface area contributed by atoms with Gasteiger partial charge in [0.25, 0.3) is 0 Å². The third-order valence-electron chi connectivity index (χ3n) is 3.96. The average Bonchev–Trinajstić information content (AvgIpc) is 2.42. The molecule has 0 amide bonds. The first kappa shape index (κ1) is 17.3. The molecule has 1 unspecified atom stereocenters. The van der Waals surface area contributed by atoms with Gasteiger partial charge in [-0.15, -0.1) is 0 Å². The zero-order chi connectivity index (χ0) is 16.1. The highest BCUT2D eigenvalue weighted by atomic mass is 32.1. The Hall–Kier alpha value is -1.07. The number of ketones is 1. The Morgan fingerprint density at radius 3 is 2.82 bits per heavy atom. The van der Waals surface area contributed by atoms with Gasteiger partial charge in [-0.1, -0.05) is 13.8 Å². The van der Waals surface area contributed by atoms with Gasteiger partial charge >= 0.3 is 0 Å². The third kappa shape index (κ3) is 5.29. The van der Waals surface area contributed by atoms with Crippen LogP contribution in [0.2, 0.25) is 0 Å². The van der Waals surface area contributed by atoms with Crippen LogP contribution in [0.5, 0.6) is 5.88 Å². The van der Waals surface area contributed by atoms with Crippen molar-refractivity contribution in [3.8, 4) is 5.88 Å². The van der Waals surface area contributed by atoms with Crippen LogP contribution >= 0.6 is 12.6 Å². The van der Waals surface area contributed by atoms with Gasteiger partial charge in [0.2, 0.25) is 5.88 Å². The van der Waals surface area contributed by atoms with Crippen molar-refractivity contribution in [2.24, 2.45) is 5.92 Å². The van der Waals surface area contributed by atoms with Crippen molar-refractivity contribution in [3.05, 3.63) is 23.9 Å². The summed E-state index contributed by atoms with van der Waals surface area (Å²) in [7, 11) is 0. The zero-order valence-corrected chi connectivity index (χ0v) is 14.5. The number of hydrogen-bond acceptors (Lipinski definition) is 5. The Balaban J connectivity index is 1.79. The summed E-state index contributed by atoms with van der Waals surface area (Å²) in [4.78, 5) is 16.0. The molecule has 22 heavy (non-hydrogen) atoms. The zero-order valence-electron chi connectivity index (χ0n) is 13.6. The van der Waals surface area contributed by atoms with Gasteiger partial charge in [0.05, 0.1) is 0 Å². The first-order valence-electron chi connectivity index (χ1n) is 8.02. The summed E-state index contributed by atoms with van der Waals surface area (Å²) < 4.78 is 5.90. The van der Waals surface area contributed by atoms with Crippen LogP contribution in [-0.2, 0) is 11.2 Å². The van der Waals surface area contributed by atoms with Gasteiger partial charge in [-0.25, -0.2) is 4.98 Å². The molecule has 1 heterocycles. The Morgan fingerprint density at radius 1 is 1.45 bits per heavy atom. The van der Waals surface area contributed by atoms with Crippen molar-refractivity contribution < 1.29 is 9.53 Å². The maximum atomic E-state index is 11.7. The monoisotopic (exact) mass is 322 g/mol. The van der Waals surface area contributed by atoms with Crippen LogP contribution in [0.3, 0.4) is 0 Å². The largest absolute Gasteiger partial charge is 0.474 e. The van der Waals surface area contributed by atoms with E-state index in [4.69, 9.17) is 4.74 Å². The minimum atomic E-state index is 0.103. The molecule has 2 rings (SSSR count). The molecule has 0 aliphatic heterocycles. The summed E-state index contributed by atoms with van der Waals surface area (Å²) in [5.74, 6) is 1.07. The molecule has 0 spiro atoms. The molecule has 5 heteroatoms. The number of nitrogens with one attached hydrogen (secondary N) is 1. The number of nitrogens with zero attached hydrogens (tertiary/aromatic N) is 1. The Bertz CT molecular complexity index is 499. The van der Waals surface area contributed by atoms with E-state index < -0.39 is 0 Å². The van der Waals surface area contributed by atoms with Crippen molar-refractivity contribution in [3.63, 3.8) is 0 Å². The third-order valence-corrected chi connectivity index (χ3v) is 4.11. The Morgan fingerprint density at radius 2 is 2.18 bits per heavy atom. The predicted octanol–water partition coefficient (Wildman–Crippen LogP) is 3.01. The fraction of sp³-hybridized carbons (Fsp3) is 0.647. The summed E-state index contributed by atoms with van der Waals surface area (Å²) >= 11 is 4.33. The average molecular weight is 322 g/mol. The number of ether oxygens (including phenoxy) is 1. The van der Waals surface area contributed by atoms with Crippen LogP contribution in [0.15, 0.2) is 18.3 Å². The summed E-state index contributed by atoms with van der Waals surface area (Å²) in [5.41, 5.74) is 1.11. The van der Waals surface area contributed by atoms with Crippen LogP contribution < -0.4 is 10.1 Å². The lowest BCUT2D eigenvalue weighted by Crippen LogP contribution is -2.48. The maximum absolute atomic E-state index is 11.7. The van der Waals surface area contributed by atoms with Gasteiger partial charge in [0.15, 0.2) is 0 Å². The van der Waals surface area contributed by atoms with Crippen LogP contribution in [0.4, 0.5) is 0 Å².